The van der Waals surface area contributed by atoms with Crippen LogP contribution in [0.2, 0.25) is 0 Å². The topological polar surface area (TPSA) is 41.6 Å². The van der Waals surface area contributed by atoms with Gasteiger partial charge < -0.3 is 5.73 Å². The van der Waals surface area contributed by atoms with Gasteiger partial charge in [0.1, 0.15) is 6.17 Å². The van der Waals surface area contributed by atoms with Crippen molar-refractivity contribution in [2.24, 2.45) is 10.7 Å². The van der Waals surface area contributed by atoms with Crippen molar-refractivity contribution in [1.29, 1.82) is 0 Å². The van der Waals surface area contributed by atoms with Gasteiger partial charge in [-0.3, -0.25) is 9.89 Å². The Kier molecular flexibility index (Phi) is 11.3. The van der Waals surface area contributed by atoms with Crippen LogP contribution in [0.3, 0.4) is 0 Å². The van der Waals surface area contributed by atoms with Crippen molar-refractivity contribution in [3.8, 4) is 0 Å². The molecule has 22 heavy (non-hydrogen) atoms. The number of hydrogen-bond donors (Lipinski definition) is 1. The summed E-state index contributed by atoms with van der Waals surface area (Å²) in [4.78, 5) is 6.83. The maximum absolute atomic E-state index is 5.97. The average molecular weight is 308 g/mol. The van der Waals surface area contributed by atoms with E-state index in [-0.39, 0.29) is 6.17 Å². The van der Waals surface area contributed by atoms with Gasteiger partial charge in [-0.25, -0.2) is 0 Å². The summed E-state index contributed by atoms with van der Waals surface area (Å²) in [6.07, 6.45) is 21.8. The molecule has 2 unspecified atom stereocenters. The number of hydrogen-bond acceptors (Lipinski definition) is 3. The SMILES string of the molecule is C/C=C/CCCCCCCCCCCC1N=CCN1C(C)N. The Morgan fingerprint density at radius 2 is 1.68 bits per heavy atom. The third kappa shape index (κ3) is 8.70. The summed E-state index contributed by atoms with van der Waals surface area (Å²) < 4.78 is 0. The lowest BCUT2D eigenvalue weighted by Crippen LogP contribution is -2.43. The molecule has 3 heteroatoms. The van der Waals surface area contributed by atoms with E-state index in [1.807, 2.05) is 6.21 Å². The number of allylic oxidation sites excluding steroid dienone is 2. The number of unbranched alkanes of at least 4 members (excludes halogenated alkanes) is 9. The predicted octanol–water partition coefficient (Wildman–Crippen LogP) is 4.87. The molecule has 1 aliphatic heterocycles. The fourth-order valence-corrected chi connectivity index (χ4v) is 3.14. The summed E-state index contributed by atoms with van der Waals surface area (Å²) in [5.41, 5.74) is 5.97. The van der Waals surface area contributed by atoms with Crippen molar-refractivity contribution >= 4 is 6.21 Å². The van der Waals surface area contributed by atoms with Crippen molar-refractivity contribution in [2.75, 3.05) is 6.54 Å². The summed E-state index contributed by atoms with van der Waals surface area (Å²) in [5.74, 6) is 0. The van der Waals surface area contributed by atoms with Gasteiger partial charge in [-0.1, -0.05) is 57.1 Å². The Hall–Kier alpha value is -0.670. The van der Waals surface area contributed by atoms with E-state index in [0.717, 1.165) is 6.54 Å². The predicted molar refractivity (Wildman–Crippen MR) is 98.2 cm³/mol. The van der Waals surface area contributed by atoms with Gasteiger partial charge in [-0.05, 0) is 39.5 Å². The highest BCUT2D eigenvalue weighted by Crippen LogP contribution is 2.17. The van der Waals surface area contributed by atoms with Crippen molar-refractivity contribution in [3.05, 3.63) is 12.2 Å². The summed E-state index contributed by atoms with van der Waals surface area (Å²) in [5, 5.41) is 0. The smallest absolute Gasteiger partial charge is 0.103 e. The van der Waals surface area contributed by atoms with E-state index in [4.69, 9.17) is 5.73 Å². The Labute approximate surface area is 138 Å². The summed E-state index contributed by atoms with van der Waals surface area (Å²) >= 11 is 0. The van der Waals surface area contributed by atoms with Crippen LogP contribution in [0.15, 0.2) is 17.1 Å². The molecule has 0 fully saturated rings. The number of nitrogens with two attached hydrogens (primary N) is 1. The molecule has 0 aromatic heterocycles. The quantitative estimate of drug-likeness (QED) is 0.389. The lowest BCUT2D eigenvalue weighted by molar-refractivity contribution is 0.182. The molecule has 0 aromatic rings. The largest absolute Gasteiger partial charge is 0.316 e. The van der Waals surface area contributed by atoms with E-state index >= 15 is 0 Å². The lowest BCUT2D eigenvalue weighted by Gasteiger charge is -2.26. The first-order valence-corrected chi connectivity index (χ1v) is 9.40. The van der Waals surface area contributed by atoms with Crippen LogP contribution in [0.5, 0.6) is 0 Å². The first-order valence-electron chi connectivity index (χ1n) is 9.40. The van der Waals surface area contributed by atoms with Gasteiger partial charge >= 0.3 is 0 Å². The molecule has 128 valence electrons. The second kappa shape index (κ2) is 12.8. The van der Waals surface area contributed by atoms with Crippen molar-refractivity contribution in [1.82, 2.24) is 4.90 Å². The first-order chi connectivity index (χ1) is 10.8. The Balaban J connectivity index is 1.85. The molecule has 2 N–H and O–H groups in total. The Bertz CT molecular complexity index is 310. The van der Waals surface area contributed by atoms with Crippen LogP contribution in [0.25, 0.3) is 0 Å². The van der Waals surface area contributed by atoms with Gasteiger partial charge in [0.05, 0.1) is 6.17 Å². The highest BCUT2D eigenvalue weighted by atomic mass is 15.3. The molecule has 0 spiro atoms. The Morgan fingerprint density at radius 3 is 2.27 bits per heavy atom. The highest BCUT2D eigenvalue weighted by Gasteiger charge is 2.22. The van der Waals surface area contributed by atoms with E-state index in [1.165, 1.54) is 70.6 Å². The molecule has 3 nitrogen and oxygen atoms in total. The van der Waals surface area contributed by atoms with Gasteiger partial charge in [0.2, 0.25) is 0 Å². The molecule has 0 amide bonds. The van der Waals surface area contributed by atoms with Crippen molar-refractivity contribution < 1.29 is 0 Å². The molecule has 0 aromatic carbocycles. The van der Waals surface area contributed by atoms with Gasteiger partial charge in [-0.15, -0.1) is 0 Å². The first kappa shape index (κ1) is 19.4. The molecule has 1 aliphatic rings. The molecule has 0 aliphatic carbocycles. The van der Waals surface area contributed by atoms with Gasteiger partial charge in [-0.2, -0.15) is 0 Å². The third-order valence-corrected chi connectivity index (χ3v) is 4.54. The minimum atomic E-state index is 0.125. The molecule has 0 bridgehead atoms. The minimum absolute atomic E-state index is 0.125. The second-order valence-electron chi connectivity index (χ2n) is 6.58. The van der Waals surface area contributed by atoms with Crippen LogP contribution in [0.4, 0.5) is 0 Å². The fraction of sp³-hybridized carbons (Fsp3) is 0.842. The summed E-state index contributed by atoms with van der Waals surface area (Å²) in [7, 11) is 0. The van der Waals surface area contributed by atoms with Crippen LogP contribution in [0, 0.1) is 0 Å². The molecule has 0 saturated carbocycles. The summed E-state index contributed by atoms with van der Waals surface area (Å²) in [6.45, 7) is 5.09. The molecule has 0 radical (unpaired) electrons. The maximum Gasteiger partial charge on any atom is 0.103 e. The zero-order chi connectivity index (χ0) is 16.0. The fourth-order valence-electron chi connectivity index (χ4n) is 3.14. The van der Waals surface area contributed by atoms with Crippen LogP contribution in [-0.4, -0.2) is 30.0 Å². The second-order valence-corrected chi connectivity index (χ2v) is 6.58. The number of nitrogens with zero attached hydrogens (tertiary/aromatic N) is 2. The lowest BCUT2D eigenvalue weighted by atomic mass is 10.0. The standard InChI is InChI=1S/C19H37N3/c1-3-4-5-6-7-8-9-10-11-12-13-14-15-19-21-16-17-22(19)18(2)20/h3-4,16,18-19H,5-15,17,20H2,1-2H3/b4-3+. The normalized spacial score (nSPS) is 20.2. The van der Waals surface area contributed by atoms with Crippen molar-refractivity contribution in [2.45, 2.75) is 96.8 Å². The van der Waals surface area contributed by atoms with Crippen molar-refractivity contribution in [3.63, 3.8) is 0 Å². The zero-order valence-corrected chi connectivity index (χ0v) is 14.8. The third-order valence-electron chi connectivity index (χ3n) is 4.54. The maximum atomic E-state index is 5.97. The molecule has 1 rings (SSSR count). The van der Waals surface area contributed by atoms with Gasteiger partial charge in [0, 0.05) is 12.8 Å². The van der Waals surface area contributed by atoms with E-state index in [2.05, 4.69) is 35.9 Å². The minimum Gasteiger partial charge on any atom is -0.316 e. The highest BCUT2D eigenvalue weighted by molar-refractivity contribution is 5.62. The van der Waals surface area contributed by atoms with Gasteiger partial charge in [0.25, 0.3) is 0 Å². The summed E-state index contributed by atoms with van der Waals surface area (Å²) in [6, 6.07) is 0. The van der Waals surface area contributed by atoms with E-state index in [0.29, 0.717) is 6.17 Å². The van der Waals surface area contributed by atoms with E-state index < -0.39 is 0 Å². The van der Waals surface area contributed by atoms with E-state index in [9.17, 15) is 0 Å². The molecule has 0 saturated heterocycles. The molecule has 2 atom stereocenters. The Morgan fingerprint density at radius 1 is 1.09 bits per heavy atom. The zero-order valence-electron chi connectivity index (χ0n) is 14.8. The number of rotatable bonds is 13. The van der Waals surface area contributed by atoms with Crippen LogP contribution in [-0.2, 0) is 0 Å². The molecular weight excluding hydrogens is 270 g/mol. The number of aliphatic imine (C=N–C) groups is 1. The van der Waals surface area contributed by atoms with E-state index in [1.54, 1.807) is 0 Å². The van der Waals surface area contributed by atoms with Crippen LogP contribution in [0.1, 0.15) is 84.5 Å². The van der Waals surface area contributed by atoms with Crippen LogP contribution < -0.4 is 5.73 Å². The monoisotopic (exact) mass is 307 g/mol. The average Bonchev–Trinajstić information content (AvgIpc) is 2.97. The molecule has 1 heterocycles. The molecular formula is C19H37N3. The van der Waals surface area contributed by atoms with Gasteiger partial charge in [0.15, 0.2) is 0 Å². The van der Waals surface area contributed by atoms with Crippen LogP contribution >= 0.6 is 0 Å².